The van der Waals surface area contributed by atoms with Crippen LogP contribution in [0, 0.1) is 17.8 Å². The SMILES string of the molecule is CC#CC(CC(=O)O)c1ccc(OC(CC2CCCC2)c2ccc3[nH]ncc3c2)cc1. The number of nitrogens with zero attached hydrogens (tertiary/aromatic N) is 1. The standard InChI is InChI=1S/C26H28N2O3/c1-2-5-20(16-26(29)30)19-8-11-23(12-9-19)31-25(14-18-6-3-4-7-18)21-10-13-24-22(15-21)17-27-28-24/h8-13,15,17-18,20,25H,3-4,6-7,14,16H2,1H3,(H,27,28)(H,29,30). The van der Waals surface area contributed by atoms with Crippen molar-refractivity contribution in [2.24, 2.45) is 5.92 Å². The third-order valence-corrected chi connectivity index (χ3v) is 6.12. The number of hydrogen-bond donors (Lipinski definition) is 2. The predicted molar refractivity (Wildman–Crippen MR) is 121 cm³/mol. The van der Waals surface area contributed by atoms with Crippen molar-refractivity contribution in [1.82, 2.24) is 10.2 Å². The van der Waals surface area contributed by atoms with E-state index in [9.17, 15) is 4.79 Å². The van der Waals surface area contributed by atoms with E-state index in [4.69, 9.17) is 9.84 Å². The van der Waals surface area contributed by atoms with E-state index in [-0.39, 0.29) is 18.4 Å². The maximum Gasteiger partial charge on any atom is 0.304 e. The van der Waals surface area contributed by atoms with Crippen LogP contribution in [0.2, 0.25) is 0 Å². The van der Waals surface area contributed by atoms with Crippen LogP contribution in [0.15, 0.2) is 48.7 Å². The van der Waals surface area contributed by atoms with Crippen LogP contribution in [0.25, 0.3) is 10.9 Å². The van der Waals surface area contributed by atoms with E-state index in [1.165, 1.54) is 25.7 Å². The number of carbonyl (C=O) groups is 1. The van der Waals surface area contributed by atoms with Gasteiger partial charge >= 0.3 is 5.97 Å². The number of H-pyrrole nitrogens is 1. The van der Waals surface area contributed by atoms with Gasteiger partial charge in [0.05, 0.1) is 24.1 Å². The fourth-order valence-corrected chi connectivity index (χ4v) is 4.51. The Labute approximate surface area is 182 Å². The molecule has 1 aliphatic carbocycles. The highest BCUT2D eigenvalue weighted by Crippen LogP contribution is 2.36. The summed E-state index contributed by atoms with van der Waals surface area (Å²) in [7, 11) is 0. The van der Waals surface area contributed by atoms with Gasteiger partial charge in [0.15, 0.2) is 0 Å². The molecule has 0 saturated heterocycles. The number of aromatic nitrogens is 2. The van der Waals surface area contributed by atoms with Gasteiger partial charge in [-0.2, -0.15) is 5.10 Å². The third-order valence-electron chi connectivity index (χ3n) is 6.12. The summed E-state index contributed by atoms with van der Waals surface area (Å²) in [5, 5.41) is 17.4. The molecule has 5 nitrogen and oxygen atoms in total. The Morgan fingerprint density at radius 3 is 2.65 bits per heavy atom. The normalized spacial score (nSPS) is 15.9. The van der Waals surface area contributed by atoms with Crippen molar-refractivity contribution in [2.75, 3.05) is 0 Å². The average molecular weight is 417 g/mol. The lowest BCUT2D eigenvalue weighted by Crippen LogP contribution is -2.12. The summed E-state index contributed by atoms with van der Waals surface area (Å²) in [5.41, 5.74) is 3.08. The Balaban J connectivity index is 1.55. The van der Waals surface area contributed by atoms with E-state index >= 15 is 0 Å². The molecule has 0 spiro atoms. The van der Waals surface area contributed by atoms with Gasteiger partial charge in [0.1, 0.15) is 11.9 Å². The average Bonchev–Trinajstić information content (AvgIpc) is 3.44. The second-order valence-electron chi connectivity index (χ2n) is 8.32. The minimum absolute atomic E-state index is 0.00391. The first kappa shape index (κ1) is 21.0. The third kappa shape index (κ3) is 5.27. The quantitative estimate of drug-likeness (QED) is 0.452. The highest BCUT2D eigenvalue weighted by molar-refractivity contribution is 5.78. The zero-order valence-electron chi connectivity index (χ0n) is 17.8. The van der Waals surface area contributed by atoms with Gasteiger partial charge in [-0.05, 0) is 54.7 Å². The number of rotatable bonds is 8. The van der Waals surface area contributed by atoms with Gasteiger partial charge in [0, 0.05) is 5.39 Å². The van der Waals surface area contributed by atoms with Crippen LogP contribution in [0.4, 0.5) is 0 Å². The predicted octanol–water partition coefficient (Wildman–Crippen LogP) is 5.84. The molecule has 160 valence electrons. The lowest BCUT2D eigenvalue weighted by Gasteiger charge is -2.23. The molecule has 1 fully saturated rings. The molecule has 3 aromatic rings. The van der Waals surface area contributed by atoms with Gasteiger partial charge in [-0.15, -0.1) is 5.92 Å². The first-order valence-electron chi connectivity index (χ1n) is 11.0. The fourth-order valence-electron chi connectivity index (χ4n) is 4.51. The van der Waals surface area contributed by atoms with Crippen molar-refractivity contribution in [1.29, 1.82) is 0 Å². The number of ether oxygens (including phenoxy) is 1. The summed E-state index contributed by atoms with van der Waals surface area (Å²) in [6.45, 7) is 1.73. The molecule has 1 aliphatic rings. The van der Waals surface area contributed by atoms with Gasteiger partial charge in [0.2, 0.25) is 0 Å². The van der Waals surface area contributed by atoms with E-state index < -0.39 is 5.97 Å². The van der Waals surface area contributed by atoms with Gasteiger partial charge in [-0.25, -0.2) is 0 Å². The molecule has 0 amide bonds. The minimum atomic E-state index is -0.848. The first-order chi connectivity index (χ1) is 15.1. The van der Waals surface area contributed by atoms with E-state index in [0.717, 1.165) is 34.2 Å². The van der Waals surface area contributed by atoms with Crippen LogP contribution in [0.3, 0.4) is 0 Å². The summed E-state index contributed by atoms with van der Waals surface area (Å²) in [6, 6.07) is 14.1. The van der Waals surface area contributed by atoms with Crippen LogP contribution in [0.1, 0.15) is 68.6 Å². The number of hydrogen-bond acceptors (Lipinski definition) is 3. The second-order valence-corrected chi connectivity index (χ2v) is 8.32. The number of benzene rings is 2. The largest absolute Gasteiger partial charge is 0.486 e. The molecule has 2 N–H and O–H groups in total. The van der Waals surface area contributed by atoms with E-state index in [1.54, 1.807) is 6.92 Å². The minimum Gasteiger partial charge on any atom is -0.486 e. The molecule has 1 saturated carbocycles. The molecule has 1 heterocycles. The molecule has 0 radical (unpaired) electrons. The molecule has 0 aliphatic heterocycles. The van der Waals surface area contributed by atoms with E-state index in [0.29, 0.717) is 5.92 Å². The zero-order chi connectivity index (χ0) is 21.6. The number of carboxylic acids is 1. The molecular formula is C26H28N2O3. The Kier molecular flexibility index (Phi) is 6.57. The number of aromatic amines is 1. The maximum atomic E-state index is 11.2. The lowest BCUT2D eigenvalue weighted by atomic mass is 9.94. The zero-order valence-corrected chi connectivity index (χ0v) is 17.8. The molecular weight excluding hydrogens is 388 g/mol. The van der Waals surface area contributed by atoms with E-state index in [1.807, 2.05) is 30.5 Å². The van der Waals surface area contributed by atoms with Gasteiger partial charge in [-0.1, -0.05) is 49.8 Å². The molecule has 0 bridgehead atoms. The van der Waals surface area contributed by atoms with Crippen LogP contribution >= 0.6 is 0 Å². The van der Waals surface area contributed by atoms with Gasteiger partial charge in [-0.3, -0.25) is 9.89 Å². The Morgan fingerprint density at radius 1 is 1.19 bits per heavy atom. The maximum absolute atomic E-state index is 11.2. The smallest absolute Gasteiger partial charge is 0.304 e. The molecule has 31 heavy (non-hydrogen) atoms. The number of fused-ring (bicyclic) bond motifs is 1. The van der Waals surface area contributed by atoms with Crippen molar-refractivity contribution < 1.29 is 14.6 Å². The Hall–Kier alpha value is -3.26. The number of nitrogens with one attached hydrogen (secondary N) is 1. The Morgan fingerprint density at radius 2 is 1.94 bits per heavy atom. The summed E-state index contributed by atoms with van der Waals surface area (Å²) in [6.07, 6.45) is 7.94. The van der Waals surface area contributed by atoms with Crippen molar-refractivity contribution in [2.45, 2.75) is 57.5 Å². The fraction of sp³-hybridized carbons (Fsp3) is 0.385. The van der Waals surface area contributed by atoms with Crippen molar-refractivity contribution >= 4 is 16.9 Å². The molecule has 4 rings (SSSR count). The molecule has 2 unspecified atom stereocenters. The van der Waals surface area contributed by atoms with Crippen LogP contribution in [-0.4, -0.2) is 21.3 Å². The van der Waals surface area contributed by atoms with Crippen LogP contribution in [-0.2, 0) is 4.79 Å². The number of carboxylic acid groups (broad SMARTS) is 1. The lowest BCUT2D eigenvalue weighted by molar-refractivity contribution is -0.137. The van der Waals surface area contributed by atoms with Crippen molar-refractivity contribution in [3.63, 3.8) is 0 Å². The molecule has 2 aromatic carbocycles. The summed E-state index contributed by atoms with van der Waals surface area (Å²) >= 11 is 0. The monoisotopic (exact) mass is 416 g/mol. The Bertz CT molecular complexity index is 1090. The molecule has 2 atom stereocenters. The summed E-state index contributed by atoms with van der Waals surface area (Å²) in [4.78, 5) is 11.2. The van der Waals surface area contributed by atoms with Gasteiger partial charge in [0.25, 0.3) is 0 Å². The van der Waals surface area contributed by atoms with Gasteiger partial charge < -0.3 is 9.84 Å². The topological polar surface area (TPSA) is 75.2 Å². The highest BCUT2D eigenvalue weighted by atomic mass is 16.5. The highest BCUT2D eigenvalue weighted by Gasteiger charge is 2.23. The van der Waals surface area contributed by atoms with Crippen LogP contribution in [0.5, 0.6) is 5.75 Å². The second kappa shape index (κ2) is 9.70. The van der Waals surface area contributed by atoms with Crippen LogP contribution < -0.4 is 4.74 Å². The summed E-state index contributed by atoms with van der Waals surface area (Å²) < 4.78 is 6.48. The van der Waals surface area contributed by atoms with E-state index in [2.05, 4.69) is 40.2 Å². The van der Waals surface area contributed by atoms with Crippen molar-refractivity contribution in [3.8, 4) is 17.6 Å². The molecule has 1 aromatic heterocycles. The first-order valence-corrected chi connectivity index (χ1v) is 11.0. The number of aliphatic carboxylic acids is 1. The summed E-state index contributed by atoms with van der Waals surface area (Å²) in [5.74, 6) is 6.15. The van der Waals surface area contributed by atoms with Crippen molar-refractivity contribution in [3.05, 3.63) is 59.8 Å². The molecule has 5 heteroatoms.